The van der Waals surface area contributed by atoms with Crippen LogP contribution >= 0.6 is 0 Å². The van der Waals surface area contributed by atoms with Crippen molar-refractivity contribution in [2.75, 3.05) is 25.1 Å². The lowest BCUT2D eigenvalue weighted by molar-refractivity contribution is -0.0291. The maximum atomic E-state index is 12.2. The smallest absolute Gasteiger partial charge is 0.407 e. The van der Waals surface area contributed by atoms with Crippen molar-refractivity contribution in [1.82, 2.24) is 19.9 Å². The summed E-state index contributed by atoms with van der Waals surface area (Å²) in [7, 11) is 0. The fraction of sp³-hybridized carbons (Fsp3) is 0.326. The number of para-hydroxylation sites is 1. The lowest BCUT2D eigenvalue weighted by atomic mass is 9.77. The van der Waals surface area contributed by atoms with Crippen molar-refractivity contribution in [2.45, 2.75) is 71.4 Å². The molecule has 2 N–H and O–H groups in total. The molecule has 0 aliphatic rings. The summed E-state index contributed by atoms with van der Waals surface area (Å²) in [5, 5.41) is 7.76. The van der Waals surface area contributed by atoms with E-state index in [2.05, 4.69) is 94.1 Å². The third kappa shape index (κ3) is 8.11. The van der Waals surface area contributed by atoms with Crippen molar-refractivity contribution >= 4 is 33.8 Å². The zero-order chi connectivity index (χ0) is 36.8. The number of fused-ring (bicyclic) bond motifs is 3. The summed E-state index contributed by atoms with van der Waals surface area (Å²) in [6, 6.07) is 39.6. The number of amides is 1. The number of anilines is 1. The first-order chi connectivity index (χ1) is 25.0. The van der Waals surface area contributed by atoms with Crippen LogP contribution in [0.25, 0.3) is 21.9 Å². The molecule has 0 bridgehead atoms. The van der Waals surface area contributed by atoms with E-state index in [9.17, 15) is 4.79 Å². The summed E-state index contributed by atoms with van der Waals surface area (Å²) in [4.78, 5) is 22.8. The highest BCUT2D eigenvalue weighted by Gasteiger charge is 2.38. The molecule has 6 aromatic rings. The van der Waals surface area contributed by atoms with Gasteiger partial charge in [0.05, 0.1) is 29.8 Å². The van der Waals surface area contributed by atoms with Gasteiger partial charge in [-0.05, 0) is 64.3 Å². The molecule has 2 heterocycles. The van der Waals surface area contributed by atoms with Gasteiger partial charge < -0.3 is 29.4 Å². The monoisotopic (exact) mass is 699 g/mol. The molecule has 0 spiro atoms. The van der Waals surface area contributed by atoms with Crippen molar-refractivity contribution < 1.29 is 19.0 Å². The van der Waals surface area contributed by atoms with Crippen LogP contribution in [0.2, 0.25) is 0 Å². The van der Waals surface area contributed by atoms with E-state index >= 15 is 0 Å². The van der Waals surface area contributed by atoms with E-state index < -0.39 is 22.8 Å². The number of hydrogen-bond acceptors (Lipinski definition) is 7. The molecule has 0 saturated heterocycles. The summed E-state index contributed by atoms with van der Waals surface area (Å²) in [5.41, 5.74) is 3.71. The Hall–Kier alpha value is -5.25. The Bertz CT molecular complexity index is 1990. The standard InChI is InChI=1S/C43H49N5O4/c1-7-50-29-36-46-37-38(48(36)30-42(5,6)51-28-27-44-40(49)52-41(2,3)4)34-25-17-18-26-35(34)45-39(37)47-43(31-19-11-8-12-20-31,32-21-13-9-14-22-32)33-23-15-10-16-24-33/h8-26H,7,27-30H2,1-6H3,(H,44,49)(H,45,47). The normalized spacial score (nSPS) is 12.3. The number of alkyl carbamates (subject to hydrolysis) is 1. The molecule has 2 aromatic heterocycles. The van der Waals surface area contributed by atoms with Gasteiger partial charge in [-0.15, -0.1) is 0 Å². The number of aromatic nitrogens is 3. The molecule has 0 saturated carbocycles. The Morgan fingerprint density at radius 3 is 1.87 bits per heavy atom. The van der Waals surface area contributed by atoms with Crippen molar-refractivity contribution in [1.29, 1.82) is 0 Å². The number of nitrogens with zero attached hydrogens (tertiary/aromatic N) is 3. The largest absolute Gasteiger partial charge is 0.444 e. The third-order valence-corrected chi connectivity index (χ3v) is 8.83. The number of hydrogen-bond donors (Lipinski definition) is 2. The lowest BCUT2D eigenvalue weighted by Crippen LogP contribution is -2.38. The van der Waals surface area contributed by atoms with E-state index in [1.807, 2.05) is 77.9 Å². The molecule has 0 aliphatic carbocycles. The highest BCUT2D eigenvalue weighted by molar-refractivity contribution is 6.07. The van der Waals surface area contributed by atoms with Crippen LogP contribution in [0, 0.1) is 0 Å². The number of imidazole rings is 1. The number of ether oxygens (including phenoxy) is 3. The van der Waals surface area contributed by atoms with Crippen molar-refractivity contribution in [3.8, 4) is 0 Å². The fourth-order valence-corrected chi connectivity index (χ4v) is 6.62. The zero-order valence-corrected chi connectivity index (χ0v) is 31.0. The summed E-state index contributed by atoms with van der Waals surface area (Å²) in [6.07, 6.45) is -0.468. The van der Waals surface area contributed by atoms with Crippen LogP contribution in [0.15, 0.2) is 115 Å². The van der Waals surface area contributed by atoms with Gasteiger partial charge in [0.2, 0.25) is 0 Å². The van der Waals surface area contributed by atoms with Crippen LogP contribution < -0.4 is 10.6 Å². The molecular formula is C43H49N5O4. The first kappa shape index (κ1) is 36.5. The van der Waals surface area contributed by atoms with Crippen LogP contribution in [0.3, 0.4) is 0 Å². The van der Waals surface area contributed by atoms with E-state index in [0.29, 0.717) is 38.7 Å². The Labute approximate surface area is 306 Å². The molecular weight excluding hydrogens is 651 g/mol. The molecule has 4 aromatic carbocycles. The van der Waals surface area contributed by atoms with Crippen molar-refractivity contribution in [2.24, 2.45) is 0 Å². The van der Waals surface area contributed by atoms with Gasteiger partial charge in [-0.1, -0.05) is 109 Å². The Kier molecular flexibility index (Phi) is 10.9. The maximum absolute atomic E-state index is 12.2. The topological polar surface area (TPSA) is 99.5 Å². The number of nitrogens with one attached hydrogen (secondary N) is 2. The van der Waals surface area contributed by atoms with Crippen LogP contribution in [0.1, 0.15) is 64.1 Å². The number of pyridine rings is 1. The van der Waals surface area contributed by atoms with E-state index in [-0.39, 0.29) is 0 Å². The highest BCUT2D eigenvalue weighted by atomic mass is 16.6. The summed E-state index contributed by atoms with van der Waals surface area (Å²) in [5.74, 6) is 1.42. The van der Waals surface area contributed by atoms with Crippen LogP contribution in [-0.2, 0) is 32.9 Å². The molecule has 52 heavy (non-hydrogen) atoms. The highest BCUT2D eigenvalue weighted by Crippen LogP contribution is 2.42. The predicted octanol–water partition coefficient (Wildman–Crippen LogP) is 8.84. The van der Waals surface area contributed by atoms with E-state index in [1.165, 1.54) is 0 Å². The average Bonchev–Trinajstić information content (AvgIpc) is 3.49. The molecule has 0 unspecified atom stereocenters. The predicted molar refractivity (Wildman–Crippen MR) is 207 cm³/mol. The van der Waals surface area contributed by atoms with Gasteiger partial charge in [-0.2, -0.15) is 0 Å². The molecule has 1 amide bonds. The van der Waals surface area contributed by atoms with E-state index in [4.69, 9.17) is 24.2 Å². The summed E-state index contributed by atoms with van der Waals surface area (Å²) < 4.78 is 20.0. The molecule has 0 atom stereocenters. The van der Waals surface area contributed by atoms with Crippen molar-refractivity contribution in [3.63, 3.8) is 0 Å². The van der Waals surface area contributed by atoms with Gasteiger partial charge in [0.1, 0.15) is 29.1 Å². The van der Waals surface area contributed by atoms with E-state index in [1.54, 1.807) is 0 Å². The molecule has 6 rings (SSSR count). The number of carbonyl (C=O) groups is 1. The van der Waals surface area contributed by atoms with Gasteiger partial charge in [0.15, 0.2) is 5.82 Å². The number of benzene rings is 4. The first-order valence-corrected chi connectivity index (χ1v) is 17.9. The molecule has 0 fully saturated rings. The number of rotatable bonds is 14. The molecule has 270 valence electrons. The van der Waals surface area contributed by atoms with Crippen LogP contribution in [-0.4, -0.2) is 51.6 Å². The minimum absolute atomic E-state index is 0.308. The molecule has 9 nitrogen and oxygen atoms in total. The fourth-order valence-electron chi connectivity index (χ4n) is 6.62. The summed E-state index contributed by atoms with van der Waals surface area (Å²) in [6.45, 7) is 13.6. The molecule has 0 aliphatic heterocycles. The Balaban J connectivity index is 1.47. The Morgan fingerprint density at radius 2 is 1.31 bits per heavy atom. The minimum Gasteiger partial charge on any atom is -0.444 e. The van der Waals surface area contributed by atoms with Gasteiger partial charge >= 0.3 is 6.09 Å². The van der Waals surface area contributed by atoms with Crippen LogP contribution in [0.4, 0.5) is 10.6 Å². The van der Waals surface area contributed by atoms with E-state index in [0.717, 1.165) is 44.5 Å². The second-order valence-corrected chi connectivity index (χ2v) is 14.4. The van der Waals surface area contributed by atoms with Crippen LogP contribution in [0.5, 0.6) is 0 Å². The third-order valence-electron chi connectivity index (χ3n) is 8.83. The lowest BCUT2D eigenvalue weighted by Gasteiger charge is -2.37. The Morgan fingerprint density at radius 1 is 0.750 bits per heavy atom. The van der Waals surface area contributed by atoms with Gasteiger partial charge in [0, 0.05) is 18.5 Å². The first-order valence-electron chi connectivity index (χ1n) is 17.9. The summed E-state index contributed by atoms with van der Waals surface area (Å²) >= 11 is 0. The van der Waals surface area contributed by atoms with Crippen molar-refractivity contribution in [3.05, 3.63) is 138 Å². The second kappa shape index (κ2) is 15.6. The maximum Gasteiger partial charge on any atom is 0.407 e. The quantitative estimate of drug-likeness (QED) is 0.0866. The van der Waals surface area contributed by atoms with Gasteiger partial charge in [-0.25, -0.2) is 14.8 Å². The minimum atomic E-state index is -0.806. The second-order valence-electron chi connectivity index (χ2n) is 14.4. The average molecular weight is 700 g/mol. The SMILES string of the molecule is CCOCc1nc2c(NC(c3ccccc3)(c3ccccc3)c3ccccc3)nc3ccccc3c2n1CC(C)(C)OCCNC(=O)OC(C)(C)C. The molecule has 9 heteroatoms. The van der Waals surface area contributed by atoms with Gasteiger partial charge in [-0.3, -0.25) is 0 Å². The zero-order valence-electron chi connectivity index (χ0n) is 31.0. The molecule has 0 radical (unpaired) electrons. The number of carbonyl (C=O) groups excluding carboxylic acids is 1. The van der Waals surface area contributed by atoms with Gasteiger partial charge in [0.25, 0.3) is 0 Å².